The largest absolute Gasteiger partial charge is 0.326 e. The van der Waals surface area contributed by atoms with E-state index in [1.165, 1.54) is 44.2 Å². The fraction of sp³-hybridized carbons (Fsp3) is 0.440. The Balaban J connectivity index is 1.50. The maximum absolute atomic E-state index is 13.3. The predicted molar refractivity (Wildman–Crippen MR) is 127 cm³/mol. The van der Waals surface area contributed by atoms with E-state index in [4.69, 9.17) is 0 Å². The molecule has 1 N–H and O–H groups in total. The molecule has 166 valence electrons. The summed E-state index contributed by atoms with van der Waals surface area (Å²) in [6, 6.07) is 13.6. The highest BCUT2D eigenvalue weighted by Gasteiger charge is 2.34. The number of thioether (sulfide) groups is 1. The van der Waals surface area contributed by atoms with E-state index >= 15 is 0 Å². The van der Waals surface area contributed by atoms with Crippen LogP contribution in [0.2, 0.25) is 0 Å². The highest BCUT2D eigenvalue weighted by atomic mass is 32.2. The average molecular weight is 443 g/mol. The first-order chi connectivity index (χ1) is 15.1. The summed E-state index contributed by atoms with van der Waals surface area (Å²) in [6.07, 6.45) is 8.86. The van der Waals surface area contributed by atoms with Crippen LogP contribution in [0.3, 0.4) is 0 Å². The number of anilines is 2. The number of nitrogens with zero attached hydrogens (tertiary/aromatic N) is 1. The van der Waals surface area contributed by atoms with Gasteiger partial charge in [0, 0.05) is 17.8 Å². The van der Waals surface area contributed by atoms with Crippen molar-refractivity contribution >= 4 is 35.0 Å². The first-order valence-electron chi connectivity index (χ1n) is 11.2. The predicted octanol–water partition coefficient (Wildman–Crippen LogP) is 6.68. The molecule has 2 aromatic rings. The molecule has 0 radical (unpaired) electrons. The van der Waals surface area contributed by atoms with Crippen LogP contribution in [0.15, 0.2) is 48.5 Å². The van der Waals surface area contributed by atoms with Crippen molar-refractivity contribution in [3.05, 3.63) is 59.9 Å². The Labute approximate surface area is 188 Å². The molecular weight excluding hydrogens is 411 g/mol. The molecule has 1 aliphatic heterocycles. The quantitative estimate of drug-likeness (QED) is 0.395. The van der Waals surface area contributed by atoms with Gasteiger partial charge in [0.05, 0.1) is 5.75 Å². The Kier molecular flexibility index (Phi) is 8.95. The lowest BCUT2D eigenvalue weighted by molar-refractivity contribution is -0.116. The summed E-state index contributed by atoms with van der Waals surface area (Å²) in [5.74, 6) is 0.114. The number of carbonyl (C=O) groups excluding carboxylic acids is 2. The summed E-state index contributed by atoms with van der Waals surface area (Å²) in [5, 5.41) is 2.80. The minimum Gasteiger partial charge on any atom is -0.326 e. The van der Waals surface area contributed by atoms with E-state index in [0.29, 0.717) is 17.9 Å². The third-order valence-electron chi connectivity index (χ3n) is 5.46. The molecular formula is C25H31FN2O2S. The highest BCUT2D eigenvalue weighted by Crippen LogP contribution is 2.41. The van der Waals surface area contributed by atoms with Crippen LogP contribution in [0.4, 0.5) is 15.8 Å². The second-order valence-electron chi connectivity index (χ2n) is 7.95. The summed E-state index contributed by atoms with van der Waals surface area (Å²) in [4.78, 5) is 26.3. The average Bonchev–Trinajstić information content (AvgIpc) is 3.15. The second-order valence-corrected chi connectivity index (χ2v) is 9.01. The lowest BCUT2D eigenvalue weighted by Crippen LogP contribution is -2.27. The molecule has 6 heteroatoms. The van der Waals surface area contributed by atoms with Crippen molar-refractivity contribution in [2.24, 2.45) is 0 Å². The van der Waals surface area contributed by atoms with Crippen LogP contribution in [0, 0.1) is 5.82 Å². The Morgan fingerprint density at radius 1 is 1.00 bits per heavy atom. The molecule has 1 saturated heterocycles. The van der Waals surface area contributed by atoms with Gasteiger partial charge in [-0.05, 0) is 48.4 Å². The van der Waals surface area contributed by atoms with Gasteiger partial charge >= 0.3 is 0 Å². The number of hydrogen-bond acceptors (Lipinski definition) is 3. The monoisotopic (exact) mass is 442 g/mol. The summed E-state index contributed by atoms with van der Waals surface area (Å²) in [7, 11) is 0. The number of hydrogen-bond donors (Lipinski definition) is 1. The van der Waals surface area contributed by atoms with Gasteiger partial charge < -0.3 is 5.32 Å². The number of amides is 2. The maximum atomic E-state index is 13.3. The molecule has 1 aliphatic rings. The fourth-order valence-electron chi connectivity index (χ4n) is 3.75. The maximum Gasteiger partial charge on any atom is 0.238 e. The first-order valence-corrected chi connectivity index (χ1v) is 12.2. The SMILES string of the molecule is CCCCCCCCCC(=O)Nc1ccc(C2SCC(=O)N2c2ccc(F)cc2)cc1. The van der Waals surface area contributed by atoms with Gasteiger partial charge in [0.15, 0.2) is 0 Å². The lowest BCUT2D eigenvalue weighted by Gasteiger charge is -2.24. The zero-order valence-electron chi connectivity index (χ0n) is 18.1. The molecule has 0 aromatic heterocycles. The van der Waals surface area contributed by atoms with Crippen LogP contribution in [0.25, 0.3) is 0 Å². The van der Waals surface area contributed by atoms with Crippen molar-refractivity contribution in [2.45, 2.75) is 63.7 Å². The van der Waals surface area contributed by atoms with Crippen LogP contribution in [0.5, 0.6) is 0 Å². The Bertz CT molecular complexity index is 855. The first kappa shape index (κ1) is 23.3. The number of benzene rings is 2. The normalized spacial score (nSPS) is 16.0. The second kappa shape index (κ2) is 11.9. The molecule has 2 amide bonds. The number of rotatable bonds is 11. The van der Waals surface area contributed by atoms with Gasteiger partial charge in [-0.25, -0.2) is 4.39 Å². The van der Waals surface area contributed by atoms with E-state index in [-0.39, 0.29) is 23.0 Å². The van der Waals surface area contributed by atoms with Gasteiger partial charge in [-0.15, -0.1) is 11.8 Å². The van der Waals surface area contributed by atoms with Crippen molar-refractivity contribution < 1.29 is 14.0 Å². The molecule has 1 heterocycles. The number of halogens is 1. The molecule has 0 spiro atoms. The Hall–Kier alpha value is -2.34. The van der Waals surface area contributed by atoms with Crippen LogP contribution in [-0.4, -0.2) is 17.6 Å². The van der Waals surface area contributed by atoms with Gasteiger partial charge in [0.1, 0.15) is 11.2 Å². The third-order valence-corrected chi connectivity index (χ3v) is 6.67. The summed E-state index contributed by atoms with van der Waals surface area (Å²) in [6.45, 7) is 2.21. The van der Waals surface area contributed by atoms with Gasteiger partial charge in [-0.3, -0.25) is 14.5 Å². The molecule has 31 heavy (non-hydrogen) atoms. The Morgan fingerprint density at radius 2 is 1.65 bits per heavy atom. The van der Waals surface area contributed by atoms with E-state index in [9.17, 15) is 14.0 Å². The standard InChI is InChI=1S/C25H31FN2O2S/c1-2-3-4-5-6-7-8-9-23(29)27-21-14-10-19(11-15-21)25-28(24(30)18-31-25)22-16-12-20(26)13-17-22/h10-17,25H,2-9,18H2,1H3,(H,27,29). The molecule has 0 saturated carbocycles. The van der Waals surface area contributed by atoms with Gasteiger partial charge in [-0.1, -0.05) is 57.6 Å². The lowest BCUT2D eigenvalue weighted by atomic mass is 10.1. The smallest absolute Gasteiger partial charge is 0.238 e. The van der Waals surface area contributed by atoms with Gasteiger partial charge in [0.25, 0.3) is 0 Å². The van der Waals surface area contributed by atoms with E-state index in [2.05, 4.69) is 12.2 Å². The third kappa shape index (κ3) is 6.82. The van der Waals surface area contributed by atoms with Crippen molar-refractivity contribution in [3.63, 3.8) is 0 Å². The molecule has 0 bridgehead atoms. The van der Waals surface area contributed by atoms with Crippen LogP contribution < -0.4 is 10.2 Å². The van der Waals surface area contributed by atoms with E-state index in [1.807, 2.05) is 24.3 Å². The van der Waals surface area contributed by atoms with Crippen molar-refractivity contribution in [1.29, 1.82) is 0 Å². The summed E-state index contributed by atoms with van der Waals surface area (Å²) < 4.78 is 13.3. The van der Waals surface area contributed by atoms with Gasteiger partial charge in [-0.2, -0.15) is 0 Å². The molecule has 4 nitrogen and oxygen atoms in total. The molecule has 1 unspecified atom stereocenters. The number of carbonyl (C=O) groups is 2. The zero-order chi connectivity index (χ0) is 22.1. The topological polar surface area (TPSA) is 49.4 Å². The highest BCUT2D eigenvalue weighted by molar-refractivity contribution is 8.00. The van der Waals surface area contributed by atoms with E-state index in [0.717, 1.165) is 24.1 Å². The number of nitrogens with one attached hydrogen (secondary N) is 1. The van der Waals surface area contributed by atoms with E-state index in [1.54, 1.807) is 28.8 Å². The van der Waals surface area contributed by atoms with Crippen molar-refractivity contribution in [2.75, 3.05) is 16.0 Å². The minimum absolute atomic E-state index is 0.00804. The van der Waals surface area contributed by atoms with E-state index < -0.39 is 0 Å². The van der Waals surface area contributed by atoms with Gasteiger partial charge in [0.2, 0.25) is 11.8 Å². The zero-order valence-corrected chi connectivity index (χ0v) is 18.9. The van der Waals surface area contributed by atoms with Crippen LogP contribution in [0.1, 0.15) is 69.2 Å². The van der Waals surface area contributed by atoms with Crippen molar-refractivity contribution in [1.82, 2.24) is 0 Å². The summed E-state index contributed by atoms with van der Waals surface area (Å²) >= 11 is 1.55. The molecule has 1 fully saturated rings. The molecule has 0 aliphatic carbocycles. The van der Waals surface area contributed by atoms with Crippen molar-refractivity contribution in [3.8, 4) is 0 Å². The Morgan fingerprint density at radius 3 is 2.32 bits per heavy atom. The van der Waals surface area contributed by atoms with Crippen LogP contribution >= 0.6 is 11.8 Å². The fourth-order valence-corrected chi connectivity index (χ4v) is 4.93. The molecule has 3 rings (SSSR count). The van der Waals surface area contributed by atoms with Crippen LogP contribution in [-0.2, 0) is 9.59 Å². The molecule has 2 aromatic carbocycles. The number of unbranched alkanes of at least 4 members (excludes halogenated alkanes) is 6. The minimum atomic E-state index is -0.323. The summed E-state index contributed by atoms with van der Waals surface area (Å²) in [5.41, 5.74) is 2.43. The molecule has 1 atom stereocenters.